The number of aromatic nitrogens is 1. The lowest BCUT2D eigenvalue weighted by atomic mass is 10.0. The Labute approximate surface area is 175 Å². The molecule has 4 nitrogen and oxygen atoms in total. The van der Waals surface area contributed by atoms with Crippen LogP contribution in [0, 0.1) is 6.92 Å². The maximum atomic E-state index is 6.20. The van der Waals surface area contributed by atoms with Crippen LogP contribution in [0.1, 0.15) is 31.9 Å². The van der Waals surface area contributed by atoms with Crippen molar-refractivity contribution in [1.82, 2.24) is 9.47 Å². The minimum absolute atomic E-state index is 0.0151. The van der Waals surface area contributed by atoms with Gasteiger partial charge in [0, 0.05) is 44.4 Å². The minimum Gasteiger partial charge on any atom is -0.490 e. The molecule has 0 radical (unpaired) electrons. The molecule has 156 valence electrons. The van der Waals surface area contributed by atoms with E-state index in [1.54, 1.807) is 7.11 Å². The van der Waals surface area contributed by atoms with Crippen molar-refractivity contribution in [1.29, 1.82) is 0 Å². The van der Waals surface area contributed by atoms with E-state index in [2.05, 4.69) is 86.8 Å². The molecule has 0 saturated carbocycles. The number of ether oxygens (including phenoxy) is 2. The molecule has 4 heteroatoms. The van der Waals surface area contributed by atoms with Crippen molar-refractivity contribution in [2.45, 2.75) is 45.9 Å². The highest BCUT2D eigenvalue weighted by atomic mass is 16.5. The molecule has 1 atom stereocenters. The Morgan fingerprint density at radius 1 is 1.03 bits per heavy atom. The molecule has 0 aliphatic heterocycles. The van der Waals surface area contributed by atoms with Crippen LogP contribution in [0.15, 0.2) is 54.7 Å². The summed E-state index contributed by atoms with van der Waals surface area (Å²) >= 11 is 0. The lowest BCUT2D eigenvalue weighted by Crippen LogP contribution is -2.46. The highest BCUT2D eigenvalue weighted by molar-refractivity contribution is 5.86. The molecule has 1 heterocycles. The van der Waals surface area contributed by atoms with E-state index in [9.17, 15) is 0 Å². The van der Waals surface area contributed by atoms with Crippen molar-refractivity contribution < 1.29 is 9.47 Å². The smallest absolute Gasteiger partial charge is 0.128 e. The average molecular weight is 395 g/mol. The normalized spacial score (nSPS) is 13.2. The zero-order valence-electron chi connectivity index (χ0n) is 18.6. The number of aryl methyl sites for hydroxylation is 2. The van der Waals surface area contributed by atoms with E-state index in [4.69, 9.17) is 9.47 Å². The number of fused-ring (bicyclic) bond motifs is 1. The van der Waals surface area contributed by atoms with E-state index in [-0.39, 0.29) is 11.6 Å². The van der Waals surface area contributed by atoms with Gasteiger partial charge in [-0.2, -0.15) is 0 Å². The fourth-order valence-electron chi connectivity index (χ4n) is 3.51. The number of nitrogens with zero attached hydrogens (tertiary/aromatic N) is 2. The van der Waals surface area contributed by atoms with Gasteiger partial charge in [0.05, 0.1) is 5.52 Å². The lowest BCUT2D eigenvalue weighted by Gasteiger charge is -2.37. The minimum atomic E-state index is -0.0151. The maximum absolute atomic E-state index is 6.20. The number of hydrogen-bond acceptors (Lipinski definition) is 3. The first-order valence-corrected chi connectivity index (χ1v) is 10.3. The van der Waals surface area contributed by atoms with Crippen LogP contribution in [0.25, 0.3) is 10.9 Å². The molecule has 0 bridgehead atoms. The van der Waals surface area contributed by atoms with Gasteiger partial charge in [0.25, 0.3) is 0 Å². The van der Waals surface area contributed by atoms with Crippen LogP contribution in [0.4, 0.5) is 0 Å². The molecule has 0 aliphatic carbocycles. The molecule has 0 amide bonds. The highest BCUT2D eigenvalue weighted by Crippen LogP contribution is 2.26. The molecule has 0 aliphatic rings. The molecule has 29 heavy (non-hydrogen) atoms. The Morgan fingerprint density at radius 2 is 1.76 bits per heavy atom. The summed E-state index contributed by atoms with van der Waals surface area (Å²) in [7, 11) is 3.82. The first-order chi connectivity index (χ1) is 13.8. The maximum Gasteiger partial charge on any atom is 0.128 e. The van der Waals surface area contributed by atoms with E-state index in [1.165, 1.54) is 16.6 Å². The Hall–Kier alpha value is -2.30. The topological polar surface area (TPSA) is 26.6 Å². The first-order valence-electron chi connectivity index (χ1n) is 10.3. The summed E-state index contributed by atoms with van der Waals surface area (Å²) in [6, 6.07) is 17.1. The fraction of sp³-hybridized carbons (Fsp3) is 0.440. The van der Waals surface area contributed by atoms with E-state index in [1.807, 2.05) is 12.1 Å². The van der Waals surface area contributed by atoms with Gasteiger partial charge in [0.2, 0.25) is 0 Å². The van der Waals surface area contributed by atoms with E-state index in [0.717, 1.165) is 24.2 Å². The molecule has 0 N–H and O–H groups in total. The molecule has 3 aromatic rings. The third kappa shape index (κ3) is 5.40. The van der Waals surface area contributed by atoms with Crippen LogP contribution in [0.2, 0.25) is 0 Å². The summed E-state index contributed by atoms with van der Waals surface area (Å²) in [6.07, 6.45) is 2.05. The van der Waals surface area contributed by atoms with Crippen LogP contribution in [-0.4, -0.2) is 41.4 Å². The Balaban J connectivity index is 1.69. The van der Waals surface area contributed by atoms with Gasteiger partial charge in [0.15, 0.2) is 0 Å². The molecular weight excluding hydrogens is 360 g/mol. The molecule has 0 fully saturated rings. The van der Waals surface area contributed by atoms with Crippen molar-refractivity contribution in [3.8, 4) is 5.75 Å². The number of rotatable bonds is 8. The molecule has 3 rings (SSSR count). The van der Waals surface area contributed by atoms with Crippen LogP contribution in [-0.2, 0) is 18.3 Å². The van der Waals surface area contributed by atoms with Crippen molar-refractivity contribution in [2.24, 2.45) is 7.05 Å². The predicted molar refractivity (Wildman–Crippen MR) is 121 cm³/mol. The average Bonchev–Trinajstić information content (AvgIpc) is 3.06. The van der Waals surface area contributed by atoms with Crippen molar-refractivity contribution in [3.05, 3.63) is 65.9 Å². The van der Waals surface area contributed by atoms with E-state index >= 15 is 0 Å². The Morgan fingerprint density at radius 3 is 2.41 bits per heavy atom. The standard InChI is InChI=1S/C25H34N2O2/c1-19-10-12-20(13-11-19)16-27(25(2,3)4)17-21(28-6)18-29-24-9-7-8-23-22(24)14-15-26(23)5/h7-15,21H,16-18H2,1-6H3. The van der Waals surface area contributed by atoms with Crippen molar-refractivity contribution in [2.75, 3.05) is 20.3 Å². The number of hydrogen-bond donors (Lipinski definition) is 0. The lowest BCUT2D eigenvalue weighted by molar-refractivity contribution is 0.00175. The van der Waals surface area contributed by atoms with E-state index in [0.29, 0.717) is 6.61 Å². The monoisotopic (exact) mass is 394 g/mol. The zero-order valence-corrected chi connectivity index (χ0v) is 18.6. The van der Waals surface area contributed by atoms with Gasteiger partial charge >= 0.3 is 0 Å². The van der Waals surface area contributed by atoms with E-state index < -0.39 is 0 Å². The fourth-order valence-corrected chi connectivity index (χ4v) is 3.51. The van der Waals surface area contributed by atoms with Gasteiger partial charge in [-0.05, 0) is 51.5 Å². The van der Waals surface area contributed by atoms with Gasteiger partial charge in [-0.15, -0.1) is 0 Å². The zero-order chi connectivity index (χ0) is 21.0. The number of benzene rings is 2. The van der Waals surface area contributed by atoms with Crippen LogP contribution in [0.5, 0.6) is 5.75 Å². The summed E-state index contributed by atoms with van der Waals surface area (Å²) in [4.78, 5) is 2.46. The van der Waals surface area contributed by atoms with Gasteiger partial charge in [-0.25, -0.2) is 0 Å². The molecule has 0 spiro atoms. The van der Waals surface area contributed by atoms with Crippen molar-refractivity contribution in [3.63, 3.8) is 0 Å². The SMILES string of the molecule is COC(COc1cccc2c1ccn2C)CN(Cc1ccc(C)cc1)C(C)(C)C. The summed E-state index contributed by atoms with van der Waals surface area (Å²) < 4.78 is 14.1. The predicted octanol–water partition coefficient (Wildman–Crippen LogP) is 5.18. The highest BCUT2D eigenvalue weighted by Gasteiger charge is 2.25. The molecular formula is C25H34N2O2. The third-order valence-corrected chi connectivity index (χ3v) is 5.51. The first kappa shape index (κ1) is 21.4. The largest absolute Gasteiger partial charge is 0.490 e. The summed E-state index contributed by atoms with van der Waals surface area (Å²) in [5.41, 5.74) is 3.80. The molecule has 1 aromatic heterocycles. The van der Waals surface area contributed by atoms with Gasteiger partial charge in [0.1, 0.15) is 18.5 Å². The Kier molecular flexibility index (Phi) is 6.66. The summed E-state index contributed by atoms with van der Waals surface area (Å²) in [6.45, 7) is 11.1. The number of methoxy groups -OCH3 is 1. The third-order valence-electron chi connectivity index (χ3n) is 5.51. The van der Waals surface area contributed by atoms with Gasteiger partial charge < -0.3 is 14.0 Å². The van der Waals surface area contributed by atoms with Gasteiger partial charge in [-0.3, -0.25) is 4.90 Å². The second-order valence-corrected chi connectivity index (χ2v) is 8.82. The molecule has 2 aromatic carbocycles. The van der Waals surface area contributed by atoms with Crippen LogP contribution >= 0.6 is 0 Å². The van der Waals surface area contributed by atoms with Crippen molar-refractivity contribution >= 4 is 10.9 Å². The summed E-state index contributed by atoms with van der Waals surface area (Å²) in [5, 5.41) is 1.14. The molecule has 1 unspecified atom stereocenters. The summed E-state index contributed by atoms with van der Waals surface area (Å²) in [5.74, 6) is 0.908. The van der Waals surface area contributed by atoms with Crippen LogP contribution < -0.4 is 4.74 Å². The quantitative estimate of drug-likeness (QED) is 0.527. The molecule has 0 saturated heterocycles. The van der Waals surface area contributed by atoms with Crippen LogP contribution in [0.3, 0.4) is 0 Å². The van der Waals surface area contributed by atoms with Gasteiger partial charge in [-0.1, -0.05) is 35.9 Å². The second-order valence-electron chi connectivity index (χ2n) is 8.82. The second kappa shape index (κ2) is 9.02. The Bertz CT molecular complexity index is 922.